The minimum Gasteiger partial charge on any atom is -0.395 e. The Hall–Kier alpha value is -2.88. The first-order valence-electron chi connectivity index (χ1n) is 5.74. The van der Waals surface area contributed by atoms with Crippen molar-refractivity contribution in [1.82, 2.24) is 9.78 Å². The van der Waals surface area contributed by atoms with Gasteiger partial charge in [0.15, 0.2) is 0 Å². The second-order valence-electron chi connectivity index (χ2n) is 4.20. The number of carbonyl (C=O) groups excluding carboxylic acids is 1. The normalized spacial score (nSPS) is 10.1. The molecule has 3 N–H and O–H groups in total. The molecule has 0 aliphatic rings. The highest BCUT2D eigenvalue weighted by Gasteiger charge is 2.19. The van der Waals surface area contributed by atoms with E-state index in [4.69, 9.17) is 11.0 Å². The number of benzene rings is 1. The number of nitrogens with two attached hydrogens (primary N) is 1. The maximum Gasteiger partial charge on any atom is 0.276 e. The molecule has 1 aromatic carbocycles. The summed E-state index contributed by atoms with van der Waals surface area (Å²) < 4.78 is 14.8. The molecule has 20 heavy (non-hydrogen) atoms. The smallest absolute Gasteiger partial charge is 0.276 e. The SMILES string of the molecule is Cc1nn(C)c(C(=O)Nc2cccc(F)c2C#N)c1N. The molecule has 0 atom stereocenters. The van der Waals surface area contributed by atoms with Crippen LogP contribution in [0.1, 0.15) is 21.7 Å². The van der Waals surface area contributed by atoms with Crippen LogP contribution in [0.2, 0.25) is 0 Å². The van der Waals surface area contributed by atoms with Crippen LogP contribution in [-0.4, -0.2) is 15.7 Å². The number of anilines is 2. The van der Waals surface area contributed by atoms with Crippen molar-refractivity contribution in [2.24, 2.45) is 7.05 Å². The van der Waals surface area contributed by atoms with Crippen LogP contribution in [0.5, 0.6) is 0 Å². The van der Waals surface area contributed by atoms with Gasteiger partial charge in [0, 0.05) is 7.05 Å². The maximum atomic E-state index is 13.4. The summed E-state index contributed by atoms with van der Waals surface area (Å²) in [6.07, 6.45) is 0. The quantitative estimate of drug-likeness (QED) is 0.868. The minimum atomic E-state index is -0.695. The van der Waals surface area contributed by atoms with E-state index in [1.54, 1.807) is 20.0 Å². The number of hydrogen-bond donors (Lipinski definition) is 2. The van der Waals surface area contributed by atoms with Crippen molar-refractivity contribution in [3.8, 4) is 6.07 Å². The number of nitrogen functional groups attached to an aromatic ring is 1. The van der Waals surface area contributed by atoms with E-state index in [0.717, 1.165) is 6.07 Å². The third-order valence-electron chi connectivity index (χ3n) is 2.86. The van der Waals surface area contributed by atoms with Gasteiger partial charge >= 0.3 is 0 Å². The van der Waals surface area contributed by atoms with Crippen LogP contribution in [-0.2, 0) is 7.05 Å². The monoisotopic (exact) mass is 273 g/mol. The van der Waals surface area contributed by atoms with Gasteiger partial charge in [-0.15, -0.1) is 0 Å². The lowest BCUT2D eigenvalue weighted by Gasteiger charge is -2.08. The Morgan fingerprint density at radius 1 is 1.55 bits per heavy atom. The maximum absolute atomic E-state index is 13.4. The molecule has 0 radical (unpaired) electrons. The van der Waals surface area contributed by atoms with Crippen LogP contribution >= 0.6 is 0 Å². The molecular weight excluding hydrogens is 261 g/mol. The highest BCUT2D eigenvalue weighted by Crippen LogP contribution is 2.21. The molecule has 1 amide bonds. The van der Waals surface area contributed by atoms with Crippen molar-refractivity contribution in [3.63, 3.8) is 0 Å². The van der Waals surface area contributed by atoms with Gasteiger partial charge in [-0.25, -0.2) is 4.39 Å². The molecule has 1 heterocycles. The summed E-state index contributed by atoms with van der Waals surface area (Å²) in [7, 11) is 1.58. The summed E-state index contributed by atoms with van der Waals surface area (Å²) in [5, 5.41) is 15.4. The third kappa shape index (κ3) is 2.19. The number of aromatic nitrogens is 2. The van der Waals surface area contributed by atoms with Gasteiger partial charge in [-0.2, -0.15) is 10.4 Å². The number of rotatable bonds is 2. The number of halogens is 1. The van der Waals surface area contributed by atoms with Gasteiger partial charge in [-0.1, -0.05) is 6.07 Å². The van der Waals surface area contributed by atoms with Crippen molar-refractivity contribution in [3.05, 3.63) is 41.0 Å². The van der Waals surface area contributed by atoms with Gasteiger partial charge in [0.25, 0.3) is 5.91 Å². The molecule has 7 heteroatoms. The van der Waals surface area contributed by atoms with Gasteiger partial charge in [-0.05, 0) is 19.1 Å². The van der Waals surface area contributed by atoms with Crippen LogP contribution in [0.3, 0.4) is 0 Å². The van der Waals surface area contributed by atoms with Crippen molar-refractivity contribution in [1.29, 1.82) is 5.26 Å². The highest BCUT2D eigenvalue weighted by molar-refractivity contribution is 6.07. The van der Waals surface area contributed by atoms with Crippen LogP contribution in [0.4, 0.5) is 15.8 Å². The van der Waals surface area contributed by atoms with Crippen molar-refractivity contribution in [2.75, 3.05) is 11.1 Å². The number of nitrogens with zero attached hydrogens (tertiary/aromatic N) is 3. The van der Waals surface area contributed by atoms with Crippen LogP contribution in [0.25, 0.3) is 0 Å². The molecule has 0 aliphatic heterocycles. The molecule has 0 fully saturated rings. The van der Waals surface area contributed by atoms with Crippen molar-refractivity contribution >= 4 is 17.3 Å². The predicted molar refractivity (Wildman–Crippen MR) is 71.4 cm³/mol. The lowest BCUT2D eigenvalue weighted by Crippen LogP contribution is -2.18. The van der Waals surface area contributed by atoms with Crippen LogP contribution in [0, 0.1) is 24.1 Å². The molecule has 102 valence electrons. The zero-order chi connectivity index (χ0) is 14.9. The Morgan fingerprint density at radius 2 is 2.25 bits per heavy atom. The molecule has 0 saturated carbocycles. The molecule has 0 spiro atoms. The average Bonchev–Trinajstić information content (AvgIpc) is 2.63. The first-order valence-corrected chi connectivity index (χ1v) is 5.74. The van der Waals surface area contributed by atoms with E-state index in [9.17, 15) is 9.18 Å². The summed E-state index contributed by atoms with van der Waals surface area (Å²) in [5.74, 6) is -1.24. The van der Waals surface area contributed by atoms with Crippen LogP contribution in [0.15, 0.2) is 18.2 Å². The van der Waals surface area contributed by atoms with Gasteiger partial charge in [0.05, 0.1) is 17.1 Å². The number of nitrogens with one attached hydrogen (secondary N) is 1. The molecule has 2 rings (SSSR count). The fourth-order valence-electron chi connectivity index (χ4n) is 1.87. The summed E-state index contributed by atoms with van der Waals surface area (Å²) in [5.41, 5.74) is 6.58. The van der Waals surface area contributed by atoms with E-state index in [-0.39, 0.29) is 22.6 Å². The fourth-order valence-corrected chi connectivity index (χ4v) is 1.87. The summed E-state index contributed by atoms with van der Waals surface area (Å²) >= 11 is 0. The molecule has 0 aliphatic carbocycles. The van der Waals surface area contributed by atoms with E-state index < -0.39 is 11.7 Å². The van der Waals surface area contributed by atoms with E-state index >= 15 is 0 Å². The van der Waals surface area contributed by atoms with E-state index in [1.807, 2.05) is 0 Å². The fraction of sp³-hybridized carbons (Fsp3) is 0.154. The predicted octanol–water partition coefficient (Wildman–Crippen LogP) is 1.57. The lowest BCUT2D eigenvalue weighted by molar-refractivity contribution is 0.101. The van der Waals surface area contributed by atoms with Gasteiger partial charge < -0.3 is 11.1 Å². The molecular formula is C13H12FN5O. The summed E-state index contributed by atoms with van der Waals surface area (Å²) in [6.45, 7) is 1.68. The molecule has 2 aromatic rings. The van der Waals surface area contributed by atoms with Gasteiger partial charge in [-0.3, -0.25) is 9.48 Å². The molecule has 6 nitrogen and oxygen atoms in total. The number of carbonyl (C=O) groups is 1. The Kier molecular flexibility index (Phi) is 3.39. The van der Waals surface area contributed by atoms with Gasteiger partial charge in [0.2, 0.25) is 0 Å². The topological polar surface area (TPSA) is 96.7 Å². The Morgan fingerprint density at radius 3 is 2.80 bits per heavy atom. The second kappa shape index (κ2) is 5.01. The zero-order valence-electron chi connectivity index (χ0n) is 10.9. The average molecular weight is 273 g/mol. The molecule has 0 saturated heterocycles. The van der Waals surface area contributed by atoms with E-state index in [1.165, 1.54) is 16.8 Å². The lowest BCUT2D eigenvalue weighted by atomic mass is 10.1. The Bertz CT molecular complexity index is 729. The Labute approximate surface area is 114 Å². The zero-order valence-corrected chi connectivity index (χ0v) is 10.9. The van der Waals surface area contributed by atoms with E-state index in [2.05, 4.69) is 10.4 Å². The summed E-state index contributed by atoms with van der Waals surface area (Å²) in [6, 6.07) is 5.71. The van der Waals surface area contributed by atoms with Crippen molar-refractivity contribution < 1.29 is 9.18 Å². The van der Waals surface area contributed by atoms with Crippen LogP contribution < -0.4 is 11.1 Å². The largest absolute Gasteiger partial charge is 0.395 e. The van der Waals surface area contributed by atoms with Crippen molar-refractivity contribution in [2.45, 2.75) is 6.92 Å². The number of nitriles is 1. The molecule has 0 unspecified atom stereocenters. The number of amides is 1. The summed E-state index contributed by atoms with van der Waals surface area (Å²) in [4.78, 5) is 12.2. The Balaban J connectivity index is 2.39. The standard InChI is InChI=1S/C13H12FN5O/c1-7-11(16)12(19(2)18-7)13(20)17-10-5-3-4-9(14)8(10)6-15/h3-5H,16H2,1-2H3,(H,17,20). The van der Waals surface area contributed by atoms with Gasteiger partial charge in [0.1, 0.15) is 23.1 Å². The number of aryl methyl sites for hydroxylation is 2. The second-order valence-corrected chi connectivity index (χ2v) is 4.20. The van der Waals surface area contributed by atoms with E-state index in [0.29, 0.717) is 5.69 Å². The molecule has 0 bridgehead atoms. The number of hydrogen-bond acceptors (Lipinski definition) is 4. The first-order chi connectivity index (χ1) is 9.45. The minimum absolute atomic E-state index is 0.0933. The third-order valence-corrected chi connectivity index (χ3v) is 2.86. The highest BCUT2D eigenvalue weighted by atomic mass is 19.1. The first kappa shape index (κ1) is 13.5. The molecule has 1 aromatic heterocycles.